The fraction of sp³-hybridized carbons (Fsp3) is 1.00. The van der Waals surface area contributed by atoms with E-state index in [9.17, 15) is 0 Å². The summed E-state index contributed by atoms with van der Waals surface area (Å²) < 4.78 is 10.9. The summed E-state index contributed by atoms with van der Waals surface area (Å²) in [5.74, 6) is 0. The van der Waals surface area contributed by atoms with Gasteiger partial charge in [-0.2, -0.15) is 0 Å². The molecule has 1 saturated heterocycles. The van der Waals surface area contributed by atoms with Crippen LogP contribution in [0.2, 0.25) is 0 Å². The molecule has 3 heteroatoms. The lowest BCUT2D eigenvalue weighted by Gasteiger charge is -2.43. The van der Waals surface area contributed by atoms with Gasteiger partial charge in [0.1, 0.15) is 0 Å². The summed E-state index contributed by atoms with van der Waals surface area (Å²) in [6, 6.07) is 0.778. The molecule has 1 heterocycles. The van der Waals surface area contributed by atoms with E-state index in [4.69, 9.17) is 9.47 Å². The van der Waals surface area contributed by atoms with E-state index in [-0.39, 0.29) is 0 Å². The maximum Gasteiger partial charge on any atom is 0.0604 e. The van der Waals surface area contributed by atoms with Crippen LogP contribution < -0.4 is 0 Å². The molecule has 0 aromatic heterocycles. The average Bonchev–Trinajstić information content (AvgIpc) is 2.12. The highest BCUT2D eigenvalue weighted by molar-refractivity contribution is 4.88. The molecule has 0 aromatic carbocycles. The van der Waals surface area contributed by atoms with Gasteiger partial charge in [-0.1, -0.05) is 0 Å². The molecule has 2 rings (SSSR count). The van der Waals surface area contributed by atoms with Crippen LogP contribution in [0.25, 0.3) is 0 Å². The fourth-order valence-electron chi connectivity index (χ4n) is 2.15. The number of morpholine rings is 1. The van der Waals surface area contributed by atoms with Crippen molar-refractivity contribution in [2.45, 2.75) is 31.9 Å². The number of nitrogens with zero attached hydrogens (tertiary/aromatic N) is 1. The second kappa shape index (κ2) is 4.40. The van der Waals surface area contributed by atoms with Crippen molar-refractivity contribution in [1.29, 1.82) is 0 Å². The Hall–Kier alpha value is -0.120. The summed E-state index contributed by atoms with van der Waals surface area (Å²) in [5, 5.41) is 0. The third-order valence-corrected chi connectivity index (χ3v) is 3.03. The first-order chi connectivity index (χ1) is 6.40. The van der Waals surface area contributed by atoms with Crippen LogP contribution in [0.5, 0.6) is 0 Å². The maximum absolute atomic E-state index is 5.54. The predicted molar refractivity (Wildman–Crippen MR) is 50.8 cm³/mol. The molecule has 0 radical (unpaired) electrons. The van der Waals surface area contributed by atoms with Crippen molar-refractivity contribution in [2.24, 2.45) is 0 Å². The molecule has 76 valence electrons. The number of rotatable bonds is 3. The molecule has 1 aliphatic heterocycles. The van der Waals surface area contributed by atoms with Crippen molar-refractivity contribution >= 4 is 0 Å². The van der Waals surface area contributed by atoms with Crippen molar-refractivity contribution < 1.29 is 9.47 Å². The number of hydrogen-bond donors (Lipinski definition) is 0. The lowest BCUT2D eigenvalue weighted by Crippen LogP contribution is -2.52. The molecular formula is C10H19NO2. The van der Waals surface area contributed by atoms with Crippen molar-refractivity contribution in [3.8, 4) is 0 Å². The Morgan fingerprint density at radius 3 is 2.62 bits per heavy atom. The van der Waals surface area contributed by atoms with Gasteiger partial charge in [-0.3, -0.25) is 4.90 Å². The minimum Gasteiger partial charge on any atom is -0.379 e. The van der Waals surface area contributed by atoms with Gasteiger partial charge < -0.3 is 9.47 Å². The first-order valence-corrected chi connectivity index (χ1v) is 5.33. The maximum atomic E-state index is 5.54. The Kier molecular flexibility index (Phi) is 3.19. The third kappa shape index (κ3) is 2.22. The van der Waals surface area contributed by atoms with Crippen LogP contribution >= 0.6 is 0 Å². The van der Waals surface area contributed by atoms with E-state index in [0.717, 1.165) is 39.0 Å². The normalized spacial score (nSPS) is 35.8. The average molecular weight is 185 g/mol. The predicted octanol–water partition coefficient (Wildman–Crippen LogP) is 0.886. The Morgan fingerprint density at radius 1 is 1.31 bits per heavy atom. The van der Waals surface area contributed by atoms with Crippen molar-refractivity contribution in [2.75, 3.05) is 32.9 Å². The molecule has 13 heavy (non-hydrogen) atoms. The van der Waals surface area contributed by atoms with E-state index in [0.29, 0.717) is 6.10 Å². The third-order valence-electron chi connectivity index (χ3n) is 3.03. The summed E-state index contributed by atoms with van der Waals surface area (Å²) in [6.45, 7) is 6.99. The number of hydrogen-bond acceptors (Lipinski definition) is 3. The molecule has 1 aliphatic carbocycles. The zero-order chi connectivity index (χ0) is 9.10. The van der Waals surface area contributed by atoms with E-state index in [1.807, 2.05) is 0 Å². The van der Waals surface area contributed by atoms with Gasteiger partial charge in [0.15, 0.2) is 0 Å². The lowest BCUT2D eigenvalue weighted by atomic mass is 9.87. The van der Waals surface area contributed by atoms with Crippen LogP contribution in [0.3, 0.4) is 0 Å². The molecule has 0 spiro atoms. The van der Waals surface area contributed by atoms with Crippen molar-refractivity contribution in [3.05, 3.63) is 0 Å². The standard InChI is InChI=1S/C10H19NO2/c1-2-13-10-7-9(8-10)11-3-5-12-6-4-11/h9-10H,2-8H2,1H3. The number of ether oxygens (including phenoxy) is 2. The molecule has 2 aliphatic rings. The zero-order valence-electron chi connectivity index (χ0n) is 8.37. The van der Waals surface area contributed by atoms with Gasteiger partial charge in [0.2, 0.25) is 0 Å². The minimum atomic E-state index is 0.540. The van der Waals surface area contributed by atoms with Crippen molar-refractivity contribution in [1.82, 2.24) is 4.90 Å². The minimum absolute atomic E-state index is 0.540. The fourth-order valence-corrected chi connectivity index (χ4v) is 2.15. The highest BCUT2D eigenvalue weighted by Gasteiger charge is 2.34. The van der Waals surface area contributed by atoms with Gasteiger partial charge in [0, 0.05) is 25.7 Å². The summed E-state index contributed by atoms with van der Waals surface area (Å²) in [5.41, 5.74) is 0. The summed E-state index contributed by atoms with van der Waals surface area (Å²) >= 11 is 0. The van der Waals surface area contributed by atoms with Crippen LogP contribution in [0.4, 0.5) is 0 Å². The van der Waals surface area contributed by atoms with Crippen LogP contribution in [-0.4, -0.2) is 50.0 Å². The smallest absolute Gasteiger partial charge is 0.0604 e. The van der Waals surface area contributed by atoms with Gasteiger partial charge in [-0.25, -0.2) is 0 Å². The highest BCUT2D eigenvalue weighted by atomic mass is 16.5. The van der Waals surface area contributed by atoms with Crippen LogP contribution in [0, 0.1) is 0 Å². The van der Waals surface area contributed by atoms with E-state index < -0.39 is 0 Å². The van der Waals surface area contributed by atoms with Crippen LogP contribution in [-0.2, 0) is 9.47 Å². The Labute approximate surface area is 80.0 Å². The molecule has 0 amide bonds. The molecule has 1 saturated carbocycles. The van der Waals surface area contributed by atoms with Gasteiger partial charge >= 0.3 is 0 Å². The van der Waals surface area contributed by atoms with Gasteiger partial charge in [0.05, 0.1) is 19.3 Å². The SMILES string of the molecule is CCOC1CC(N2CCOCC2)C1. The molecule has 0 atom stereocenters. The van der Waals surface area contributed by atoms with E-state index in [1.54, 1.807) is 0 Å². The molecule has 0 unspecified atom stereocenters. The molecular weight excluding hydrogens is 166 g/mol. The molecule has 2 fully saturated rings. The van der Waals surface area contributed by atoms with Gasteiger partial charge in [-0.15, -0.1) is 0 Å². The Bertz CT molecular complexity index is 151. The van der Waals surface area contributed by atoms with Gasteiger partial charge in [0.25, 0.3) is 0 Å². The van der Waals surface area contributed by atoms with Gasteiger partial charge in [-0.05, 0) is 19.8 Å². The highest BCUT2D eigenvalue weighted by Crippen LogP contribution is 2.28. The molecule has 3 nitrogen and oxygen atoms in total. The lowest BCUT2D eigenvalue weighted by molar-refractivity contribution is -0.0716. The summed E-state index contributed by atoms with van der Waals surface area (Å²) in [7, 11) is 0. The van der Waals surface area contributed by atoms with Crippen LogP contribution in [0.1, 0.15) is 19.8 Å². The monoisotopic (exact) mass is 185 g/mol. The topological polar surface area (TPSA) is 21.7 Å². The summed E-state index contributed by atoms with van der Waals surface area (Å²) in [4.78, 5) is 2.54. The quantitative estimate of drug-likeness (QED) is 0.651. The largest absolute Gasteiger partial charge is 0.379 e. The van der Waals surface area contributed by atoms with E-state index in [1.165, 1.54) is 12.8 Å². The van der Waals surface area contributed by atoms with Crippen LogP contribution in [0.15, 0.2) is 0 Å². The first kappa shape index (κ1) is 9.44. The molecule has 0 N–H and O–H groups in total. The first-order valence-electron chi connectivity index (χ1n) is 5.33. The Balaban J connectivity index is 1.66. The van der Waals surface area contributed by atoms with E-state index in [2.05, 4.69) is 11.8 Å². The van der Waals surface area contributed by atoms with E-state index >= 15 is 0 Å². The Morgan fingerprint density at radius 2 is 2.00 bits per heavy atom. The van der Waals surface area contributed by atoms with Crippen molar-refractivity contribution in [3.63, 3.8) is 0 Å². The second-order valence-corrected chi connectivity index (χ2v) is 3.85. The zero-order valence-corrected chi connectivity index (χ0v) is 8.37. The molecule has 0 bridgehead atoms. The summed E-state index contributed by atoms with van der Waals surface area (Å²) in [6.07, 6.45) is 3.00. The molecule has 0 aromatic rings. The second-order valence-electron chi connectivity index (χ2n) is 3.85.